The van der Waals surface area contributed by atoms with Crippen LogP contribution in [0, 0.1) is 12.8 Å². The lowest BCUT2D eigenvalue weighted by Gasteiger charge is -2.36. The Balaban J connectivity index is 1.25. The molecule has 1 aliphatic heterocycles. The number of halogens is 3. The molecule has 1 atom stereocenters. The van der Waals surface area contributed by atoms with Crippen LogP contribution in [0.15, 0.2) is 36.8 Å². The Kier molecular flexibility index (Phi) is 5.41. The van der Waals surface area contributed by atoms with Crippen LogP contribution in [0.1, 0.15) is 35.4 Å². The van der Waals surface area contributed by atoms with Crippen LogP contribution in [0.2, 0.25) is 0 Å². The molecule has 0 bridgehead atoms. The molecule has 0 aromatic carbocycles. The molecule has 2 aliphatic rings. The summed E-state index contributed by atoms with van der Waals surface area (Å²) in [6.45, 7) is 2.65. The molecule has 8 nitrogen and oxygen atoms in total. The fraction of sp³-hybridized carbons (Fsp3) is 0.391. The molecule has 0 radical (unpaired) electrons. The number of hydrogen-bond acceptors (Lipinski definition) is 6. The van der Waals surface area contributed by atoms with Gasteiger partial charge in [-0.25, -0.2) is 4.98 Å². The molecule has 34 heavy (non-hydrogen) atoms. The number of aryl methyl sites for hydroxylation is 1. The van der Waals surface area contributed by atoms with Crippen LogP contribution in [-0.4, -0.2) is 38.7 Å². The summed E-state index contributed by atoms with van der Waals surface area (Å²) < 4.78 is 39.7. The van der Waals surface area contributed by atoms with E-state index in [0.29, 0.717) is 30.4 Å². The summed E-state index contributed by atoms with van der Waals surface area (Å²) in [7, 11) is 1.95. The monoisotopic (exact) mass is 471 g/mol. The smallest absolute Gasteiger partial charge is 0.366 e. The van der Waals surface area contributed by atoms with Gasteiger partial charge in [0, 0.05) is 37.6 Å². The number of aromatic nitrogens is 4. The van der Waals surface area contributed by atoms with Crippen molar-refractivity contribution in [3.8, 4) is 0 Å². The van der Waals surface area contributed by atoms with Crippen molar-refractivity contribution in [2.45, 2.75) is 45.1 Å². The minimum absolute atomic E-state index is 0.0266. The fourth-order valence-electron chi connectivity index (χ4n) is 4.29. The van der Waals surface area contributed by atoms with Gasteiger partial charge in [0.1, 0.15) is 17.6 Å². The van der Waals surface area contributed by atoms with Crippen LogP contribution in [0.5, 0.6) is 0 Å². The molecular weight excluding hydrogens is 447 g/mol. The first-order valence-electron chi connectivity index (χ1n) is 11.0. The number of pyridine rings is 2. The van der Waals surface area contributed by atoms with Gasteiger partial charge in [-0.05, 0) is 37.3 Å². The number of fused-ring (bicyclic) bond motifs is 1. The van der Waals surface area contributed by atoms with E-state index >= 15 is 0 Å². The van der Waals surface area contributed by atoms with Gasteiger partial charge >= 0.3 is 6.18 Å². The first kappa shape index (κ1) is 22.2. The summed E-state index contributed by atoms with van der Waals surface area (Å²) in [6, 6.07) is 4.16. The van der Waals surface area contributed by atoms with Gasteiger partial charge in [-0.1, -0.05) is 6.07 Å². The van der Waals surface area contributed by atoms with E-state index in [2.05, 4.69) is 25.7 Å². The average molecular weight is 471 g/mol. The standard InChI is InChI=1S/C23H24F3N7O/c1-13-20-17(32(2)21(16-4-5-16)22(34)31-20)7-19(30-13)28-9-15-10-29-33(12-15)11-14-3-6-18(27-8-14)23(24,25)26/h3,6-8,10,12,16,21H,4-5,9,11H2,1-2H3,(H,28,30)(H,31,34)/t21-/m0/s1. The summed E-state index contributed by atoms with van der Waals surface area (Å²) in [5, 5.41) is 10.6. The highest BCUT2D eigenvalue weighted by atomic mass is 19.4. The number of hydrogen-bond donors (Lipinski definition) is 2. The summed E-state index contributed by atoms with van der Waals surface area (Å²) >= 11 is 0. The van der Waals surface area contributed by atoms with Crippen molar-refractivity contribution in [1.29, 1.82) is 0 Å². The lowest BCUT2D eigenvalue weighted by atomic mass is 10.0. The second kappa shape index (κ2) is 8.30. The predicted molar refractivity (Wildman–Crippen MR) is 120 cm³/mol. The van der Waals surface area contributed by atoms with Crippen LogP contribution >= 0.6 is 0 Å². The van der Waals surface area contributed by atoms with Crippen molar-refractivity contribution < 1.29 is 18.0 Å². The third-order valence-electron chi connectivity index (χ3n) is 6.18. The van der Waals surface area contributed by atoms with Crippen LogP contribution < -0.4 is 15.5 Å². The van der Waals surface area contributed by atoms with Gasteiger partial charge in [0.25, 0.3) is 0 Å². The first-order valence-corrected chi connectivity index (χ1v) is 11.0. The second-order valence-corrected chi connectivity index (χ2v) is 8.82. The predicted octanol–water partition coefficient (Wildman–Crippen LogP) is 3.83. The number of amides is 1. The van der Waals surface area contributed by atoms with Gasteiger partial charge in [0.15, 0.2) is 0 Å². The Morgan fingerprint density at radius 1 is 1.21 bits per heavy atom. The molecule has 1 aliphatic carbocycles. The zero-order valence-electron chi connectivity index (χ0n) is 18.7. The van der Waals surface area contributed by atoms with E-state index in [0.717, 1.165) is 41.5 Å². The zero-order chi connectivity index (χ0) is 24.0. The number of nitrogens with zero attached hydrogens (tertiary/aromatic N) is 5. The molecule has 2 N–H and O–H groups in total. The Morgan fingerprint density at radius 2 is 2.00 bits per heavy atom. The third kappa shape index (κ3) is 4.42. The molecule has 3 aromatic heterocycles. The number of anilines is 3. The Bertz CT molecular complexity index is 1220. The molecule has 0 spiro atoms. The van der Waals surface area contributed by atoms with E-state index in [9.17, 15) is 18.0 Å². The van der Waals surface area contributed by atoms with Gasteiger partial charge < -0.3 is 15.5 Å². The number of carbonyl (C=O) groups excluding carboxylic acids is 1. The topological polar surface area (TPSA) is 88.0 Å². The molecule has 1 amide bonds. The van der Waals surface area contributed by atoms with E-state index in [1.807, 2.05) is 31.1 Å². The summed E-state index contributed by atoms with van der Waals surface area (Å²) in [4.78, 5) is 22.6. The molecule has 0 saturated heterocycles. The summed E-state index contributed by atoms with van der Waals surface area (Å²) in [5.41, 5.74) is 3.03. The molecule has 5 rings (SSSR count). The molecule has 3 aromatic rings. The van der Waals surface area contributed by atoms with Crippen molar-refractivity contribution in [2.24, 2.45) is 5.92 Å². The second-order valence-electron chi connectivity index (χ2n) is 8.82. The maximum absolute atomic E-state index is 12.7. The van der Waals surface area contributed by atoms with Crippen molar-refractivity contribution in [2.75, 3.05) is 22.6 Å². The van der Waals surface area contributed by atoms with Crippen LogP contribution in [0.4, 0.5) is 30.4 Å². The highest BCUT2D eigenvalue weighted by Crippen LogP contribution is 2.43. The largest absolute Gasteiger partial charge is 0.433 e. The molecule has 1 saturated carbocycles. The van der Waals surface area contributed by atoms with Crippen molar-refractivity contribution in [1.82, 2.24) is 19.7 Å². The Morgan fingerprint density at radius 3 is 2.68 bits per heavy atom. The number of alkyl halides is 3. The van der Waals surface area contributed by atoms with Crippen LogP contribution in [-0.2, 0) is 24.1 Å². The number of likely N-dealkylation sites (N-methyl/N-ethyl adjacent to an activating group) is 1. The minimum atomic E-state index is -4.45. The molecular formula is C23H24F3N7O. The highest BCUT2D eigenvalue weighted by molar-refractivity contribution is 6.04. The maximum atomic E-state index is 12.7. The van der Waals surface area contributed by atoms with E-state index in [1.165, 1.54) is 12.3 Å². The van der Waals surface area contributed by atoms with E-state index in [1.54, 1.807) is 10.9 Å². The van der Waals surface area contributed by atoms with E-state index in [-0.39, 0.29) is 11.9 Å². The first-order chi connectivity index (χ1) is 16.2. The number of rotatable bonds is 6. The molecule has 178 valence electrons. The van der Waals surface area contributed by atoms with Gasteiger partial charge in [0.2, 0.25) is 5.91 Å². The molecule has 1 fully saturated rings. The normalized spacial score (nSPS) is 18.0. The summed E-state index contributed by atoms with van der Waals surface area (Å²) in [6.07, 6.45) is 2.42. The lowest BCUT2D eigenvalue weighted by Crippen LogP contribution is -2.47. The van der Waals surface area contributed by atoms with Crippen LogP contribution in [0.25, 0.3) is 0 Å². The fourth-order valence-corrected chi connectivity index (χ4v) is 4.29. The maximum Gasteiger partial charge on any atom is 0.433 e. The lowest BCUT2D eigenvalue weighted by molar-refractivity contribution is -0.141. The Hall–Kier alpha value is -3.63. The van der Waals surface area contributed by atoms with Crippen molar-refractivity contribution >= 4 is 23.1 Å². The molecule has 11 heteroatoms. The van der Waals surface area contributed by atoms with Crippen molar-refractivity contribution in [3.63, 3.8) is 0 Å². The van der Waals surface area contributed by atoms with Gasteiger partial charge in [-0.2, -0.15) is 18.3 Å². The van der Waals surface area contributed by atoms with E-state index < -0.39 is 11.9 Å². The molecule has 0 unspecified atom stereocenters. The third-order valence-corrected chi connectivity index (χ3v) is 6.18. The van der Waals surface area contributed by atoms with Gasteiger partial charge in [0.05, 0.1) is 29.8 Å². The quantitative estimate of drug-likeness (QED) is 0.568. The highest BCUT2D eigenvalue weighted by Gasteiger charge is 2.42. The number of nitrogens with one attached hydrogen (secondary N) is 2. The van der Waals surface area contributed by atoms with Gasteiger partial charge in [-0.3, -0.25) is 14.5 Å². The Labute approximate surface area is 194 Å². The SMILES string of the molecule is Cc1nc(NCc2cnn(Cc3ccc(C(F)(F)F)nc3)c2)cc2c1NC(=O)[C@H](C1CC1)N2C. The number of carbonyl (C=O) groups is 1. The van der Waals surface area contributed by atoms with Crippen molar-refractivity contribution in [3.05, 3.63) is 59.3 Å². The van der Waals surface area contributed by atoms with Crippen LogP contribution in [0.3, 0.4) is 0 Å². The average Bonchev–Trinajstić information content (AvgIpc) is 3.51. The van der Waals surface area contributed by atoms with Gasteiger partial charge in [-0.15, -0.1) is 0 Å². The molecule has 4 heterocycles. The zero-order valence-corrected chi connectivity index (χ0v) is 18.7. The summed E-state index contributed by atoms with van der Waals surface area (Å²) in [5.74, 6) is 1.11. The van der Waals surface area contributed by atoms with E-state index in [4.69, 9.17) is 0 Å². The minimum Gasteiger partial charge on any atom is -0.366 e.